The highest BCUT2D eigenvalue weighted by atomic mass is 32.2. The highest BCUT2D eigenvalue weighted by Gasteiger charge is 2.34. The second-order valence-corrected chi connectivity index (χ2v) is 13.4. The zero-order chi connectivity index (χ0) is 29.5. The van der Waals surface area contributed by atoms with E-state index in [-0.39, 0.29) is 17.3 Å². The van der Waals surface area contributed by atoms with Gasteiger partial charge in [-0.15, -0.1) is 11.8 Å². The third-order valence-electron chi connectivity index (χ3n) is 6.33. The Morgan fingerprint density at radius 3 is 2.05 bits per heavy atom. The quantitative estimate of drug-likeness (QED) is 0.297. The van der Waals surface area contributed by atoms with E-state index < -0.39 is 34.1 Å². The number of nitrogens with zero attached hydrogens (tertiary/aromatic N) is 2. The lowest BCUT2D eigenvalue weighted by Crippen LogP contribution is -2.55. The van der Waals surface area contributed by atoms with Crippen molar-refractivity contribution in [1.82, 2.24) is 10.2 Å². The number of nitrogens with one attached hydrogen (secondary N) is 1. The molecule has 2 amide bonds. The van der Waals surface area contributed by atoms with E-state index >= 15 is 0 Å². The van der Waals surface area contributed by atoms with Crippen LogP contribution in [0.5, 0.6) is 0 Å². The van der Waals surface area contributed by atoms with Gasteiger partial charge in [0.15, 0.2) is 0 Å². The first kappa shape index (κ1) is 31.2. The largest absolute Gasteiger partial charge is 0.350 e. The monoisotopic (exact) mass is 581 g/mol. The van der Waals surface area contributed by atoms with Crippen molar-refractivity contribution in [3.8, 4) is 0 Å². The Morgan fingerprint density at radius 1 is 0.925 bits per heavy atom. The topological polar surface area (TPSA) is 86.8 Å². The number of benzene rings is 3. The number of thioether (sulfide) groups is 1. The Bertz CT molecular complexity index is 1390. The van der Waals surface area contributed by atoms with Crippen LogP contribution in [0.15, 0.2) is 88.7 Å². The summed E-state index contributed by atoms with van der Waals surface area (Å²) in [5, 5.41) is 2.98. The summed E-state index contributed by atoms with van der Waals surface area (Å²) in [6, 6.07) is 22.2. The van der Waals surface area contributed by atoms with Crippen LogP contribution in [0, 0.1) is 6.92 Å². The molecule has 0 saturated heterocycles. The van der Waals surface area contributed by atoms with Crippen molar-refractivity contribution in [2.75, 3.05) is 17.1 Å². The first-order valence-electron chi connectivity index (χ1n) is 13.2. The van der Waals surface area contributed by atoms with E-state index in [1.165, 1.54) is 16.7 Å². The summed E-state index contributed by atoms with van der Waals surface area (Å²) in [6.45, 7) is 9.12. The van der Waals surface area contributed by atoms with Gasteiger partial charge in [0, 0.05) is 17.0 Å². The summed E-state index contributed by atoms with van der Waals surface area (Å²) < 4.78 is 29.1. The molecule has 0 heterocycles. The number of aryl methyl sites for hydroxylation is 1. The van der Waals surface area contributed by atoms with Gasteiger partial charge in [-0.05, 0) is 82.3 Å². The molecule has 40 heavy (non-hydrogen) atoms. The van der Waals surface area contributed by atoms with E-state index in [9.17, 15) is 18.0 Å². The molecule has 0 aliphatic rings. The molecule has 0 aromatic heterocycles. The molecule has 0 unspecified atom stereocenters. The van der Waals surface area contributed by atoms with Gasteiger partial charge < -0.3 is 10.2 Å². The van der Waals surface area contributed by atoms with Gasteiger partial charge in [0.25, 0.3) is 10.0 Å². The standard InChI is InChI=1S/C31H39N3O4S2/c1-7-28(30(36)32-31(3,4)5)33(21-24-11-9-8-10-12-24)29(35)22-34(25-15-13-23(2)14-16-25)40(37,38)27-19-17-26(39-6)18-20-27/h8-20,28H,7,21-22H2,1-6H3,(H,32,36)/t28-/m0/s1. The molecule has 0 radical (unpaired) electrons. The Hall–Kier alpha value is -3.30. The smallest absolute Gasteiger partial charge is 0.264 e. The molecule has 1 N–H and O–H groups in total. The number of carbonyl (C=O) groups is 2. The number of amides is 2. The van der Waals surface area contributed by atoms with Crippen molar-refractivity contribution in [3.05, 3.63) is 90.0 Å². The highest BCUT2D eigenvalue weighted by Crippen LogP contribution is 2.27. The molecule has 0 bridgehead atoms. The van der Waals surface area contributed by atoms with Gasteiger partial charge in [0.1, 0.15) is 12.6 Å². The molecular weight excluding hydrogens is 542 g/mol. The van der Waals surface area contributed by atoms with Crippen molar-refractivity contribution in [3.63, 3.8) is 0 Å². The van der Waals surface area contributed by atoms with E-state index in [1.54, 1.807) is 36.4 Å². The normalized spacial score (nSPS) is 12.4. The van der Waals surface area contributed by atoms with Gasteiger partial charge in [0.05, 0.1) is 10.6 Å². The molecule has 3 aromatic carbocycles. The van der Waals surface area contributed by atoms with Gasteiger partial charge in [-0.2, -0.15) is 0 Å². The van der Waals surface area contributed by atoms with Crippen LogP contribution >= 0.6 is 11.8 Å². The van der Waals surface area contributed by atoms with Crippen LogP contribution in [0.1, 0.15) is 45.2 Å². The van der Waals surface area contributed by atoms with Gasteiger partial charge in [-0.25, -0.2) is 8.42 Å². The minimum Gasteiger partial charge on any atom is -0.350 e. The molecule has 3 rings (SSSR count). The average molecular weight is 582 g/mol. The third kappa shape index (κ3) is 8.11. The molecular formula is C31H39N3O4S2. The summed E-state index contributed by atoms with van der Waals surface area (Å²) in [6.07, 6.45) is 2.29. The number of hydrogen-bond acceptors (Lipinski definition) is 5. The Balaban J connectivity index is 2.05. The summed E-state index contributed by atoms with van der Waals surface area (Å²) in [4.78, 5) is 30.0. The van der Waals surface area contributed by atoms with Crippen LogP contribution in [0.4, 0.5) is 5.69 Å². The summed E-state index contributed by atoms with van der Waals surface area (Å²) in [5.74, 6) is -0.749. The van der Waals surface area contributed by atoms with Gasteiger partial charge in [-0.3, -0.25) is 13.9 Å². The molecule has 3 aromatic rings. The number of anilines is 1. The maximum atomic E-state index is 14.1. The lowest BCUT2D eigenvalue weighted by atomic mass is 10.1. The second-order valence-electron chi connectivity index (χ2n) is 10.7. The van der Waals surface area contributed by atoms with E-state index in [1.807, 2.05) is 83.3 Å². The lowest BCUT2D eigenvalue weighted by Gasteiger charge is -2.34. The van der Waals surface area contributed by atoms with Crippen LogP contribution in [-0.4, -0.2) is 49.5 Å². The van der Waals surface area contributed by atoms with Crippen molar-refractivity contribution >= 4 is 39.3 Å². The molecule has 1 atom stereocenters. The zero-order valence-electron chi connectivity index (χ0n) is 24.0. The zero-order valence-corrected chi connectivity index (χ0v) is 25.7. The van der Waals surface area contributed by atoms with Crippen LogP contribution < -0.4 is 9.62 Å². The highest BCUT2D eigenvalue weighted by molar-refractivity contribution is 7.98. The van der Waals surface area contributed by atoms with Crippen molar-refractivity contribution in [1.29, 1.82) is 0 Å². The summed E-state index contributed by atoms with van der Waals surface area (Å²) >= 11 is 1.51. The molecule has 9 heteroatoms. The number of hydrogen-bond donors (Lipinski definition) is 1. The van der Waals surface area contributed by atoms with Gasteiger partial charge >= 0.3 is 0 Å². The minimum absolute atomic E-state index is 0.0887. The minimum atomic E-state index is -4.10. The summed E-state index contributed by atoms with van der Waals surface area (Å²) in [7, 11) is -4.10. The molecule has 0 aliphatic carbocycles. The maximum Gasteiger partial charge on any atom is 0.264 e. The second kappa shape index (κ2) is 13.4. The van der Waals surface area contributed by atoms with E-state index in [4.69, 9.17) is 0 Å². The first-order valence-corrected chi connectivity index (χ1v) is 15.9. The molecule has 0 fully saturated rings. The maximum absolute atomic E-state index is 14.1. The van der Waals surface area contributed by atoms with Crippen molar-refractivity contribution in [2.45, 2.75) is 69.0 Å². The van der Waals surface area contributed by atoms with E-state index in [2.05, 4.69) is 5.32 Å². The van der Waals surface area contributed by atoms with Gasteiger partial charge in [0.2, 0.25) is 11.8 Å². The predicted molar refractivity (Wildman–Crippen MR) is 163 cm³/mol. The molecule has 214 valence electrons. The fourth-order valence-corrected chi connectivity index (χ4v) is 6.09. The fraction of sp³-hybridized carbons (Fsp3) is 0.355. The average Bonchev–Trinajstić information content (AvgIpc) is 2.91. The molecule has 0 spiro atoms. The van der Waals surface area contributed by atoms with Crippen LogP contribution in [0.3, 0.4) is 0 Å². The van der Waals surface area contributed by atoms with E-state index in [0.29, 0.717) is 12.1 Å². The number of carbonyl (C=O) groups excluding carboxylic acids is 2. The van der Waals surface area contributed by atoms with Gasteiger partial charge in [-0.1, -0.05) is 55.0 Å². The molecule has 7 nitrogen and oxygen atoms in total. The van der Waals surface area contributed by atoms with Crippen molar-refractivity contribution < 1.29 is 18.0 Å². The molecule has 0 aliphatic heterocycles. The number of rotatable bonds is 11. The fourth-order valence-electron chi connectivity index (χ4n) is 4.27. The Morgan fingerprint density at radius 2 is 1.52 bits per heavy atom. The van der Waals surface area contributed by atoms with E-state index in [0.717, 1.165) is 20.3 Å². The lowest BCUT2D eigenvalue weighted by molar-refractivity contribution is -0.141. The molecule has 0 saturated carbocycles. The first-order chi connectivity index (χ1) is 18.9. The Kier molecular flexibility index (Phi) is 10.4. The van der Waals surface area contributed by atoms with Crippen molar-refractivity contribution in [2.24, 2.45) is 0 Å². The summed E-state index contributed by atoms with van der Waals surface area (Å²) in [5.41, 5.74) is 1.69. The SMILES string of the molecule is CC[C@@H](C(=O)NC(C)(C)C)N(Cc1ccccc1)C(=O)CN(c1ccc(C)cc1)S(=O)(=O)c1ccc(SC)cc1. The van der Waals surface area contributed by atoms with Crippen LogP contribution in [0.25, 0.3) is 0 Å². The predicted octanol–water partition coefficient (Wildman–Crippen LogP) is 5.63. The third-order valence-corrected chi connectivity index (χ3v) is 8.86. The number of sulfonamides is 1. The Labute approximate surface area is 243 Å². The van der Waals surface area contributed by atoms with Crippen LogP contribution in [-0.2, 0) is 26.2 Å². The van der Waals surface area contributed by atoms with Crippen LogP contribution in [0.2, 0.25) is 0 Å².